The smallest absolute Gasteiger partial charge is 0.225 e. The molecule has 0 aromatic carbocycles. The number of amides is 1. The van der Waals surface area contributed by atoms with Crippen LogP contribution in [-0.2, 0) is 9.59 Å². The second-order valence-corrected chi connectivity index (χ2v) is 5.16. The SMILES string of the molecule is CC(=O)[C@H]1CC[C@H](C(=O)N2CC(N)C2)CC1. The standard InChI is InChI=1S/C12H20N2O2/c1-8(15)9-2-4-10(5-3-9)12(16)14-6-11(13)7-14/h9-11H,2-7,13H2,1H3/t9-,10-. The lowest BCUT2D eigenvalue weighted by molar-refractivity contribution is -0.142. The number of ketones is 1. The zero-order valence-electron chi connectivity index (χ0n) is 9.82. The number of nitrogens with two attached hydrogens (primary N) is 1. The van der Waals surface area contributed by atoms with Crippen molar-refractivity contribution in [1.29, 1.82) is 0 Å². The summed E-state index contributed by atoms with van der Waals surface area (Å²) in [5, 5.41) is 0. The topological polar surface area (TPSA) is 63.4 Å². The Bertz CT molecular complexity index is 289. The molecule has 1 saturated carbocycles. The minimum absolute atomic E-state index is 0.142. The average Bonchev–Trinajstić information content (AvgIpc) is 2.24. The molecule has 0 unspecified atom stereocenters. The minimum Gasteiger partial charge on any atom is -0.339 e. The van der Waals surface area contributed by atoms with Gasteiger partial charge in [0.1, 0.15) is 5.78 Å². The first kappa shape index (κ1) is 11.6. The first-order chi connectivity index (χ1) is 7.58. The highest BCUT2D eigenvalue weighted by Crippen LogP contribution is 2.31. The van der Waals surface area contributed by atoms with Crippen molar-refractivity contribution in [3.8, 4) is 0 Å². The molecule has 1 aliphatic carbocycles. The fraction of sp³-hybridized carbons (Fsp3) is 0.833. The van der Waals surface area contributed by atoms with E-state index in [0.29, 0.717) is 13.1 Å². The molecular formula is C12H20N2O2. The Labute approximate surface area is 96.2 Å². The van der Waals surface area contributed by atoms with Crippen LogP contribution in [0.1, 0.15) is 32.6 Å². The average molecular weight is 224 g/mol. The van der Waals surface area contributed by atoms with Gasteiger partial charge in [0.2, 0.25) is 5.91 Å². The molecule has 1 aliphatic heterocycles. The van der Waals surface area contributed by atoms with Crippen LogP contribution in [0.25, 0.3) is 0 Å². The summed E-state index contributed by atoms with van der Waals surface area (Å²) >= 11 is 0. The highest BCUT2D eigenvalue weighted by molar-refractivity contribution is 5.81. The number of Topliss-reactive ketones (excluding diaryl/α,β-unsaturated/α-hetero) is 1. The van der Waals surface area contributed by atoms with E-state index in [4.69, 9.17) is 5.73 Å². The fourth-order valence-electron chi connectivity index (χ4n) is 2.70. The molecule has 0 aromatic heterocycles. The van der Waals surface area contributed by atoms with E-state index in [1.807, 2.05) is 4.90 Å². The zero-order chi connectivity index (χ0) is 11.7. The molecule has 0 radical (unpaired) electrons. The van der Waals surface area contributed by atoms with E-state index in [2.05, 4.69) is 0 Å². The minimum atomic E-state index is 0.142. The maximum absolute atomic E-state index is 12.0. The van der Waals surface area contributed by atoms with Crippen molar-refractivity contribution in [2.45, 2.75) is 38.6 Å². The summed E-state index contributed by atoms with van der Waals surface area (Å²) in [5.74, 6) is 0.867. The number of rotatable bonds is 2. The molecule has 1 heterocycles. The van der Waals surface area contributed by atoms with Gasteiger partial charge < -0.3 is 10.6 Å². The maximum atomic E-state index is 12.0. The van der Waals surface area contributed by atoms with Gasteiger partial charge in [-0.25, -0.2) is 0 Å². The van der Waals surface area contributed by atoms with Crippen LogP contribution in [0.15, 0.2) is 0 Å². The van der Waals surface area contributed by atoms with Crippen molar-refractivity contribution in [3.63, 3.8) is 0 Å². The van der Waals surface area contributed by atoms with Crippen LogP contribution in [0.4, 0.5) is 0 Å². The first-order valence-electron chi connectivity index (χ1n) is 6.12. The Morgan fingerprint density at radius 1 is 1.06 bits per heavy atom. The van der Waals surface area contributed by atoms with Crippen LogP contribution in [0.3, 0.4) is 0 Å². The Balaban J connectivity index is 1.80. The van der Waals surface area contributed by atoms with Crippen LogP contribution in [-0.4, -0.2) is 35.7 Å². The lowest BCUT2D eigenvalue weighted by Gasteiger charge is -2.40. The summed E-state index contributed by atoms with van der Waals surface area (Å²) in [5.41, 5.74) is 5.66. The zero-order valence-corrected chi connectivity index (χ0v) is 9.82. The molecule has 4 heteroatoms. The van der Waals surface area contributed by atoms with E-state index < -0.39 is 0 Å². The quantitative estimate of drug-likeness (QED) is 0.745. The normalized spacial score (nSPS) is 31.0. The molecule has 16 heavy (non-hydrogen) atoms. The van der Waals surface area contributed by atoms with Crippen LogP contribution in [0.2, 0.25) is 0 Å². The molecule has 1 saturated heterocycles. The summed E-state index contributed by atoms with van der Waals surface area (Å²) in [7, 11) is 0. The van der Waals surface area contributed by atoms with Crippen molar-refractivity contribution in [2.24, 2.45) is 17.6 Å². The van der Waals surface area contributed by atoms with Crippen LogP contribution >= 0.6 is 0 Å². The van der Waals surface area contributed by atoms with Gasteiger partial charge >= 0.3 is 0 Å². The summed E-state index contributed by atoms with van der Waals surface area (Å²) in [4.78, 5) is 25.0. The molecule has 4 nitrogen and oxygen atoms in total. The van der Waals surface area contributed by atoms with Crippen molar-refractivity contribution in [2.75, 3.05) is 13.1 Å². The van der Waals surface area contributed by atoms with Gasteiger partial charge in [0.25, 0.3) is 0 Å². The van der Waals surface area contributed by atoms with E-state index in [-0.39, 0.29) is 29.6 Å². The number of nitrogens with zero attached hydrogens (tertiary/aromatic N) is 1. The molecular weight excluding hydrogens is 204 g/mol. The van der Waals surface area contributed by atoms with Crippen molar-refractivity contribution < 1.29 is 9.59 Å². The lowest BCUT2D eigenvalue weighted by atomic mass is 9.79. The molecule has 0 bridgehead atoms. The Morgan fingerprint density at radius 3 is 2.00 bits per heavy atom. The molecule has 2 aliphatic rings. The fourth-order valence-corrected chi connectivity index (χ4v) is 2.70. The Morgan fingerprint density at radius 2 is 1.56 bits per heavy atom. The monoisotopic (exact) mass is 224 g/mol. The van der Waals surface area contributed by atoms with Gasteiger partial charge in [0.05, 0.1) is 0 Å². The summed E-state index contributed by atoms with van der Waals surface area (Å²) in [6, 6.07) is 0.178. The molecule has 90 valence electrons. The van der Waals surface area contributed by atoms with Gasteiger partial charge in [0.15, 0.2) is 0 Å². The van der Waals surface area contributed by atoms with Crippen LogP contribution in [0, 0.1) is 11.8 Å². The van der Waals surface area contributed by atoms with Crippen molar-refractivity contribution in [3.05, 3.63) is 0 Å². The predicted molar refractivity (Wildman–Crippen MR) is 60.7 cm³/mol. The van der Waals surface area contributed by atoms with Gasteiger partial charge in [-0.1, -0.05) is 0 Å². The van der Waals surface area contributed by atoms with E-state index in [9.17, 15) is 9.59 Å². The second-order valence-electron chi connectivity index (χ2n) is 5.16. The predicted octanol–water partition coefficient (Wildman–Crippen LogP) is 0.551. The number of carbonyl (C=O) groups excluding carboxylic acids is 2. The molecule has 0 atom stereocenters. The highest BCUT2D eigenvalue weighted by atomic mass is 16.2. The van der Waals surface area contributed by atoms with E-state index >= 15 is 0 Å². The Kier molecular flexibility index (Phi) is 3.28. The maximum Gasteiger partial charge on any atom is 0.225 e. The van der Waals surface area contributed by atoms with Gasteiger partial charge in [-0.3, -0.25) is 9.59 Å². The number of hydrogen-bond donors (Lipinski definition) is 1. The van der Waals surface area contributed by atoms with E-state index in [1.165, 1.54) is 0 Å². The largest absolute Gasteiger partial charge is 0.339 e. The first-order valence-corrected chi connectivity index (χ1v) is 6.12. The highest BCUT2D eigenvalue weighted by Gasteiger charge is 2.35. The van der Waals surface area contributed by atoms with E-state index in [0.717, 1.165) is 25.7 Å². The number of hydrogen-bond acceptors (Lipinski definition) is 3. The number of likely N-dealkylation sites (tertiary alicyclic amines) is 1. The van der Waals surface area contributed by atoms with Crippen LogP contribution < -0.4 is 5.73 Å². The summed E-state index contributed by atoms with van der Waals surface area (Å²) in [6.45, 7) is 3.08. The molecule has 1 amide bonds. The molecule has 0 spiro atoms. The third kappa shape index (κ3) is 2.26. The molecule has 2 N–H and O–H groups in total. The Hall–Kier alpha value is -0.900. The molecule has 2 fully saturated rings. The van der Waals surface area contributed by atoms with Crippen LogP contribution in [0.5, 0.6) is 0 Å². The van der Waals surface area contributed by atoms with Crippen molar-refractivity contribution >= 4 is 11.7 Å². The molecule has 2 rings (SSSR count). The lowest BCUT2D eigenvalue weighted by Crippen LogP contribution is -2.59. The van der Waals surface area contributed by atoms with Gasteiger partial charge in [0, 0.05) is 31.0 Å². The third-order valence-electron chi connectivity index (χ3n) is 3.87. The van der Waals surface area contributed by atoms with Gasteiger partial charge in [-0.05, 0) is 32.6 Å². The number of carbonyl (C=O) groups is 2. The van der Waals surface area contributed by atoms with Crippen molar-refractivity contribution in [1.82, 2.24) is 4.90 Å². The van der Waals surface area contributed by atoms with Gasteiger partial charge in [-0.15, -0.1) is 0 Å². The second kappa shape index (κ2) is 4.53. The van der Waals surface area contributed by atoms with E-state index in [1.54, 1.807) is 6.92 Å². The summed E-state index contributed by atoms with van der Waals surface area (Å²) in [6.07, 6.45) is 3.50. The third-order valence-corrected chi connectivity index (χ3v) is 3.87. The summed E-state index contributed by atoms with van der Waals surface area (Å²) < 4.78 is 0. The molecule has 0 aromatic rings. The van der Waals surface area contributed by atoms with Gasteiger partial charge in [-0.2, -0.15) is 0 Å².